The van der Waals surface area contributed by atoms with Crippen molar-refractivity contribution < 1.29 is 38.1 Å². The SMILES string of the molecule is CC1(C)CC(OC(=O)c2cccc3cccc(-c4ccc5cc(C(=O)OC6CC(C)(C)NC(C)(CCC7(C)CC(OC(=O)c8ccc9ccc(-c%10cccc%11cccc(C(=O)OC%12CC(C)(C)NC(C)(C)C%12)c%10%11)cc9c8)CC(C)(C)N7)C6)ccc5c4)c23)CC(C)(C)N1. The molecule has 0 spiro atoms. The summed E-state index contributed by atoms with van der Waals surface area (Å²) in [6, 6.07) is 47.8. The molecule has 4 atom stereocenters. The Balaban J connectivity index is 0.699. The third kappa shape index (κ3) is 14.3. The van der Waals surface area contributed by atoms with Crippen LogP contribution in [0, 0.1) is 0 Å². The van der Waals surface area contributed by atoms with Gasteiger partial charge in [-0.3, -0.25) is 0 Å². The van der Waals surface area contributed by atoms with Crippen LogP contribution in [0.5, 0.6) is 0 Å². The van der Waals surface area contributed by atoms with Crippen molar-refractivity contribution in [2.24, 2.45) is 0 Å². The Morgan fingerprint density at radius 3 is 1.07 bits per heavy atom. The molecule has 4 fully saturated rings. The molecule has 4 heterocycles. The molecule has 12 nitrogen and oxygen atoms in total. The zero-order valence-electron chi connectivity index (χ0n) is 56.5. The average molecular weight is 1240 g/mol. The van der Waals surface area contributed by atoms with Crippen molar-refractivity contribution in [3.8, 4) is 22.3 Å². The molecule has 482 valence electrons. The van der Waals surface area contributed by atoms with Gasteiger partial charge in [0, 0.05) is 106 Å². The van der Waals surface area contributed by atoms with Crippen LogP contribution >= 0.6 is 0 Å². The molecule has 0 amide bonds. The van der Waals surface area contributed by atoms with Crippen LogP contribution in [0.3, 0.4) is 0 Å². The number of fused-ring (bicyclic) bond motifs is 4. The number of nitrogens with one attached hydrogen (secondary N) is 4. The second kappa shape index (κ2) is 23.8. The maximum atomic E-state index is 14.3. The summed E-state index contributed by atoms with van der Waals surface area (Å²) < 4.78 is 25.6. The molecule has 0 aromatic heterocycles. The largest absolute Gasteiger partial charge is 0.459 e. The zero-order valence-corrected chi connectivity index (χ0v) is 56.5. The van der Waals surface area contributed by atoms with E-state index in [0.29, 0.717) is 47.9 Å². The third-order valence-corrected chi connectivity index (χ3v) is 19.8. The molecule has 4 aliphatic rings. The molecule has 4 aliphatic heterocycles. The number of carbonyl (C=O) groups is 4. The first-order valence-electron chi connectivity index (χ1n) is 33.3. The van der Waals surface area contributed by atoms with Crippen LogP contribution in [-0.4, -0.2) is 92.6 Å². The zero-order chi connectivity index (χ0) is 65.6. The summed E-state index contributed by atoms with van der Waals surface area (Å²) in [4.78, 5) is 56.8. The standard InChI is InChI=1S/C80H94N4O8/c1-73(2)41-59(42-74(3,4)81-73)91-71(87)65-25-17-21-50-19-15-23-63(67(50)65)54-32-29-53-38-56(34-30-52(53)37-54)69(85)89-61-45-77(9,10)83-79(13,47-61)35-36-80(14)48-62(46-78(11,12)84-80)90-70(86)57-33-28-49-27-31-55(39-58(49)40-57)64-24-16-20-51-22-18-26-66(68(51)64)72(88)92-60-43-75(5,6)82-76(7,8)44-60/h15-34,37-40,59-62,81-84H,35-36,41-48H2,1-14H3. The van der Waals surface area contributed by atoms with Crippen molar-refractivity contribution in [1.82, 2.24) is 21.3 Å². The fourth-order valence-corrected chi connectivity index (χ4v) is 17.3. The molecule has 12 heteroatoms. The monoisotopic (exact) mass is 1240 g/mol. The molecular formula is C80H94N4O8. The lowest BCUT2D eigenvalue weighted by molar-refractivity contribution is -0.0236. The van der Waals surface area contributed by atoms with Gasteiger partial charge < -0.3 is 40.2 Å². The van der Waals surface area contributed by atoms with E-state index in [4.69, 9.17) is 18.9 Å². The van der Waals surface area contributed by atoms with Crippen molar-refractivity contribution in [1.29, 1.82) is 0 Å². The number of hydrogen-bond acceptors (Lipinski definition) is 12. The maximum Gasteiger partial charge on any atom is 0.339 e. The van der Waals surface area contributed by atoms with Crippen molar-refractivity contribution in [2.75, 3.05) is 0 Å². The molecule has 0 aliphatic carbocycles. The van der Waals surface area contributed by atoms with Crippen molar-refractivity contribution in [3.05, 3.63) is 168 Å². The highest BCUT2D eigenvalue weighted by molar-refractivity contribution is 6.13. The van der Waals surface area contributed by atoms with E-state index in [0.717, 1.165) is 104 Å². The molecule has 4 unspecified atom stereocenters. The quantitative estimate of drug-likeness (QED) is 0.0642. The Morgan fingerprint density at radius 2 is 0.641 bits per heavy atom. The Bertz CT molecular complexity index is 4170. The third-order valence-electron chi connectivity index (χ3n) is 19.8. The van der Waals surface area contributed by atoms with Crippen LogP contribution in [0.4, 0.5) is 0 Å². The summed E-state index contributed by atoms with van der Waals surface area (Å²) in [5.74, 6) is -1.35. The van der Waals surface area contributed by atoms with Crippen LogP contribution in [0.2, 0.25) is 0 Å². The van der Waals surface area contributed by atoms with Gasteiger partial charge in [-0.1, -0.05) is 97.1 Å². The smallest absolute Gasteiger partial charge is 0.339 e. The predicted octanol–water partition coefficient (Wildman–Crippen LogP) is 16.9. The fourth-order valence-electron chi connectivity index (χ4n) is 17.3. The molecule has 0 saturated carbocycles. The summed E-state index contributed by atoms with van der Waals surface area (Å²) in [5.41, 5.74) is 3.75. The second-order valence-electron chi connectivity index (χ2n) is 32.1. The summed E-state index contributed by atoms with van der Waals surface area (Å²) >= 11 is 0. The van der Waals surface area contributed by atoms with Gasteiger partial charge in [0.2, 0.25) is 0 Å². The summed E-state index contributed by atoms with van der Waals surface area (Å²) in [7, 11) is 0. The van der Waals surface area contributed by atoms with Gasteiger partial charge in [0.1, 0.15) is 24.4 Å². The van der Waals surface area contributed by atoms with Crippen LogP contribution < -0.4 is 21.3 Å². The number of ether oxygens (including phenoxy) is 4. The topological polar surface area (TPSA) is 153 Å². The van der Waals surface area contributed by atoms with E-state index < -0.39 is 0 Å². The fraction of sp³-hybridized carbons (Fsp3) is 0.450. The number of hydrogen-bond donors (Lipinski definition) is 4. The molecule has 12 rings (SSSR count). The summed E-state index contributed by atoms with van der Waals surface area (Å²) in [6.07, 6.45) is 5.97. The lowest BCUT2D eigenvalue weighted by Gasteiger charge is -2.51. The van der Waals surface area contributed by atoms with Crippen LogP contribution in [0.15, 0.2) is 146 Å². The van der Waals surface area contributed by atoms with Crippen LogP contribution in [0.1, 0.15) is 203 Å². The van der Waals surface area contributed by atoms with Gasteiger partial charge in [-0.15, -0.1) is 0 Å². The van der Waals surface area contributed by atoms with Gasteiger partial charge in [-0.25, -0.2) is 19.2 Å². The number of rotatable bonds is 13. The molecule has 4 saturated heterocycles. The van der Waals surface area contributed by atoms with Gasteiger partial charge in [0.05, 0.1) is 22.3 Å². The van der Waals surface area contributed by atoms with Crippen LogP contribution in [0.25, 0.3) is 65.3 Å². The number of carbonyl (C=O) groups excluding carboxylic acids is 4. The predicted molar refractivity (Wildman–Crippen MR) is 371 cm³/mol. The number of benzene rings is 8. The molecule has 8 aromatic carbocycles. The Hall–Kier alpha value is -7.48. The van der Waals surface area contributed by atoms with E-state index in [1.54, 1.807) is 0 Å². The van der Waals surface area contributed by atoms with Gasteiger partial charge >= 0.3 is 23.9 Å². The normalized spacial score (nSPS) is 24.2. The molecule has 0 radical (unpaired) electrons. The minimum Gasteiger partial charge on any atom is -0.459 e. The Labute approximate surface area is 543 Å². The summed E-state index contributed by atoms with van der Waals surface area (Å²) in [6.45, 7) is 30.4. The van der Waals surface area contributed by atoms with Crippen molar-refractivity contribution in [2.45, 2.75) is 230 Å². The first-order chi connectivity index (χ1) is 43.2. The van der Waals surface area contributed by atoms with E-state index in [-0.39, 0.29) is 92.6 Å². The van der Waals surface area contributed by atoms with E-state index in [9.17, 15) is 19.2 Å². The molecule has 0 bridgehead atoms. The highest BCUT2D eigenvalue weighted by Gasteiger charge is 2.47. The number of piperidine rings is 4. The molecule has 4 N–H and O–H groups in total. The minimum atomic E-state index is -0.372. The van der Waals surface area contributed by atoms with Gasteiger partial charge in [0.15, 0.2) is 0 Å². The van der Waals surface area contributed by atoms with Crippen LogP contribution in [-0.2, 0) is 18.9 Å². The Kier molecular flexibility index (Phi) is 16.7. The maximum absolute atomic E-state index is 14.3. The molecule has 8 aromatic rings. The van der Waals surface area contributed by atoms with E-state index in [2.05, 4.69) is 161 Å². The first-order valence-corrected chi connectivity index (χ1v) is 33.3. The first kappa shape index (κ1) is 64.6. The number of esters is 4. The summed E-state index contributed by atoms with van der Waals surface area (Å²) in [5, 5.41) is 22.6. The molecular weight excluding hydrogens is 1140 g/mol. The van der Waals surface area contributed by atoms with Crippen molar-refractivity contribution >= 4 is 67.0 Å². The average Bonchev–Trinajstić information content (AvgIpc) is 0.809. The molecule has 92 heavy (non-hydrogen) atoms. The Morgan fingerprint density at radius 1 is 0.326 bits per heavy atom. The lowest BCUT2D eigenvalue weighted by Crippen LogP contribution is -2.64. The second-order valence-corrected chi connectivity index (χ2v) is 32.1. The minimum absolute atomic E-state index is 0.166. The van der Waals surface area contributed by atoms with Gasteiger partial charge in [-0.2, -0.15) is 0 Å². The highest BCUT2D eigenvalue weighted by atomic mass is 16.6. The lowest BCUT2D eigenvalue weighted by atomic mass is 9.72. The van der Waals surface area contributed by atoms with E-state index >= 15 is 0 Å². The van der Waals surface area contributed by atoms with E-state index in [1.807, 2.05) is 103 Å². The van der Waals surface area contributed by atoms with Gasteiger partial charge in [-0.05, 0) is 213 Å². The van der Waals surface area contributed by atoms with Crippen molar-refractivity contribution in [3.63, 3.8) is 0 Å². The highest BCUT2D eigenvalue weighted by Crippen LogP contribution is 2.42. The van der Waals surface area contributed by atoms with E-state index in [1.165, 1.54) is 0 Å². The van der Waals surface area contributed by atoms with Gasteiger partial charge in [0.25, 0.3) is 0 Å².